The molecule has 3 heterocycles. The fourth-order valence-corrected chi connectivity index (χ4v) is 7.61. The molecule has 0 aliphatic heterocycles. The average Bonchev–Trinajstić information content (AvgIpc) is 3.34. The number of thiophene rings is 3. The molecule has 0 spiro atoms. The van der Waals surface area contributed by atoms with Crippen LogP contribution in [-0.2, 0) is 0 Å². The first kappa shape index (κ1) is 18.3. The van der Waals surface area contributed by atoms with Crippen molar-refractivity contribution in [2.75, 3.05) is 6.66 Å². The molecular formula is C19H18IPS3. The van der Waals surface area contributed by atoms with E-state index in [1.165, 1.54) is 14.6 Å². The molecule has 3 rings (SSSR count). The second-order valence-electron chi connectivity index (χ2n) is 5.68. The van der Waals surface area contributed by atoms with Crippen molar-refractivity contribution in [3.63, 3.8) is 0 Å². The summed E-state index contributed by atoms with van der Waals surface area (Å²) in [7, 11) is 0. The van der Waals surface area contributed by atoms with Gasteiger partial charge in [0.05, 0.1) is 0 Å². The molecule has 0 nitrogen and oxygen atoms in total. The van der Waals surface area contributed by atoms with Gasteiger partial charge < -0.3 is 0 Å². The summed E-state index contributed by atoms with van der Waals surface area (Å²) in [6.45, 7) is 2.38. The minimum atomic E-state index is -2.25. The van der Waals surface area contributed by atoms with Crippen molar-refractivity contribution in [1.29, 1.82) is 0 Å². The van der Waals surface area contributed by atoms with Gasteiger partial charge in [0.15, 0.2) is 0 Å². The van der Waals surface area contributed by atoms with Crippen molar-refractivity contribution in [3.8, 4) is 0 Å². The molecule has 0 aromatic carbocycles. The summed E-state index contributed by atoms with van der Waals surface area (Å²) in [6.07, 6.45) is 6.81. The summed E-state index contributed by atoms with van der Waals surface area (Å²) in [4.78, 5) is 3.91. The molecule has 0 atom stereocenters. The van der Waals surface area contributed by atoms with E-state index in [0.29, 0.717) is 0 Å². The van der Waals surface area contributed by atoms with Crippen molar-refractivity contribution >= 4 is 78.5 Å². The fraction of sp³-hybridized carbons (Fsp3) is 0.0526. The molecular weight excluding hydrogens is 482 g/mol. The van der Waals surface area contributed by atoms with E-state index in [2.05, 4.69) is 117 Å². The normalized spacial score (nSPS) is 14.7. The number of hydrogen-bond acceptors (Lipinski definition) is 3. The van der Waals surface area contributed by atoms with Gasteiger partial charge in [0, 0.05) is 0 Å². The van der Waals surface area contributed by atoms with Gasteiger partial charge in [-0.2, -0.15) is 0 Å². The van der Waals surface area contributed by atoms with Crippen molar-refractivity contribution in [2.45, 2.75) is 0 Å². The monoisotopic (exact) mass is 500 g/mol. The Kier molecular flexibility index (Phi) is 5.94. The molecule has 0 aliphatic carbocycles. The molecule has 0 saturated carbocycles. The Morgan fingerprint density at radius 2 is 1.04 bits per heavy atom. The average molecular weight is 500 g/mol. The Morgan fingerprint density at radius 1 is 0.708 bits per heavy atom. The van der Waals surface area contributed by atoms with E-state index in [1.54, 1.807) is 34.0 Å². The molecule has 124 valence electrons. The predicted molar refractivity (Wildman–Crippen MR) is 127 cm³/mol. The van der Waals surface area contributed by atoms with Gasteiger partial charge in [-0.3, -0.25) is 0 Å². The third-order valence-corrected chi connectivity index (χ3v) is 11.6. The zero-order valence-corrected chi connectivity index (χ0v) is 18.7. The summed E-state index contributed by atoms with van der Waals surface area (Å²) in [5.74, 6) is 7.23. The SMILES string of the molecule is CP(I)(C=Cc1cccs1)(C=Cc1cccs1)C=Cc1cccs1. The fourth-order valence-electron chi connectivity index (χ4n) is 2.09. The van der Waals surface area contributed by atoms with Crippen LogP contribution in [0.25, 0.3) is 18.2 Å². The molecule has 0 amide bonds. The standard InChI is InChI=1S/C19H18IPS3/c1-21(20,11-8-17-5-2-14-22-17,12-9-18-6-3-15-23-18)13-10-19-7-4-16-24-19/h2-16H,1H3. The molecule has 0 radical (unpaired) electrons. The van der Waals surface area contributed by atoms with Crippen LogP contribution in [0.1, 0.15) is 14.6 Å². The zero-order valence-electron chi connectivity index (χ0n) is 13.2. The second kappa shape index (κ2) is 7.79. The van der Waals surface area contributed by atoms with Gasteiger partial charge in [0.1, 0.15) is 0 Å². The minimum absolute atomic E-state index is 1.30. The summed E-state index contributed by atoms with van der Waals surface area (Å²) >= 11 is 8.01. The Balaban J connectivity index is 1.95. The summed E-state index contributed by atoms with van der Waals surface area (Å²) in [5.41, 5.74) is 0. The van der Waals surface area contributed by atoms with E-state index in [-0.39, 0.29) is 0 Å². The van der Waals surface area contributed by atoms with Gasteiger partial charge >= 0.3 is 170 Å². The van der Waals surface area contributed by atoms with Gasteiger partial charge in [-0.05, 0) is 0 Å². The maximum atomic E-state index is 2.67. The summed E-state index contributed by atoms with van der Waals surface area (Å²) in [5, 5.41) is 6.38. The van der Waals surface area contributed by atoms with Crippen LogP contribution in [0.5, 0.6) is 0 Å². The maximum absolute atomic E-state index is 2.67. The summed E-state index contributed by atoms with van der Waals surface area (Å²) < 4.78 is -2.25. The van der Waals surface area contributed by atoms with E-state index in [9.17, 15) is 0 Å². The van der Waals surface area contributed by atoms with Crippen LogP contribution in [0, 0.1) is 0 Å². The Morgan fingerprint density at radius 3 is 1.29 bits per heavy atom. The molecule has 0 fully saturated rings. The van der Waals surface area contributed by atoms with E-state index < -0.39 is 4.25 Å². The molecule has 3 aromatic rings. The molecule has 3 aromatic heterocycles. The quantitative estimate of drug-likeness (QED) is 0.235. The van der Waals surface area contributed by atoms with Crippen LogP contribution in [-0.4, -0.2) is 6.66 Å². The molecule has 0 N–H and O–H groups in total. The Labute approximate surface area is 168 Å². The molecule has 0 bridgehead atoms. The van der Waals surface area contributed by atoms with Gasteiger partial charge in [0.25, 0.3) is 0 Å². The van der Waals surface area contributed by atoms with Crippen LogP contribution < -0.4 is 0 Å². The Bertz CT molecular complexity index is 724. The topological polar surface area (TPSA) is 0 Å². The van der Waals surface area contributed by atoms with E-state index in [0.717, 1.165) is 0 Å². The number of halogens is 1. The third kappa shape index (κ3) is 5.24. The van der Waals surface area contributed by atoms with Gasteiger partial charge in [-0.15, -0.1) is 0 Å². The van der Waals surface area contributed by atoms with E-state index in [4.69, 9.17) is 0 Å². The van der Waals surface area contributed by atoms with Crippen molar-refractivity contribution in [2.24, 2.45) is 0 Å². The van der Waals surface area contributed by atoms with Crippen molar-refractivity contribution < 1.29 is 0 Å². The van der Waals surface area contributed by atoms with Crippen LogP contribution >= 0.6 is 60.3 Å². The van der Waals surface area contributed by atoms with E-state index in [1.807, 2.05) is 0 Å². The van der Waals surface area contributed by atoms with Crippen LogP contribution in [0.2, 0.25) is 0 Å². The van der Waals surface area contributed by atoms with Gasteiger partial charge in [-0.1, -0.05) is 0 Å². The van der Waals surface area contributed by atoms with Crippen molar-refractivity contribution in [1.82, 2.24) is 0 Å². The van der Waals surface area contributed by atoms with Gasteiger partial charge in [-0.25, -0.2) is 0 Å². The van der Waals surface area contributed by atoms with Crippen molar-refractivity contribution in [3.05, 3.63) is 84.6 Å². The van der Waals surface area contributed by atoms with Crippen LogP contribution in [0.15, 0.2) is 70.0 Å². The molecule has 5 heteroatoms. The molecule has 0 aliphatic rings. The molecule has 0 saturated heterocycles. The van der Waals surface area contributed by atoms with E-state index >= 15 is 0 Å². The van der Waals surface area contributed by atoms with Crippen LogP contribution in [0.4, 0.5) is 0 Å². The Hall–Kier alpha value is -0.520. The first-order valence-corrected chi connectivity index (χ1v) is 15.8. The first-order chi connectivity index (χ1) is 11.5. The number of hydrogen-bond donors (Lipinski definition) is 0. The zero-order chi connectivity index (χ0) is 16.9. The van der Waals surface area contributed by atoms with Gasteiger partial charge in [0.2, 0.25) is 0 Å². The first-order valence-electron chi connectivity index (χ1n) is 7.44. The summed E-state index contributed by atoms with van der Waals surface area (Å²) in [6, 6.07) is 12.8. The predicted octanol–water partition coefficient (Wildman–Crippen LogP) is 8.72. The third-order valence-electron chi connectivity index (χ3n) is 3.48. The second-order valence-corrected chi connectivity index (χ2v) is 20.8. The van der Waals surface area contributed by atoms with Crippen LogP contribution in [0.3, 0.4) is 0 Å². The molecule has 24 heavy (non-hydrogen) atoms. The number of rotatable bonds is 6. The molecule has 0 unspecified atom stereocenters.